The van der Waals surface area contributed by atoms with Crippen LogP contribution < -0.4 is 5.32 Å². The number of carbonyl (C=O) groups is 1. The molecule has 0 spiro atoms. The van der Waals surface area contributed by atoms with Crippen LogP contribution >= 0.6 is 0 Å². The molecular formula is C23H20F2N4O. The van der Waals surface area contributed by atoms with Crippen LogP contribution in [0.5, 0.6) is 0 Å². The van der Waals surface area contributed by atoms with Gasteiger partial charge >= 0.3 is 0 Å². The molecule has 1 N–H and O–H groups in total. The largest absolute Gasteiger partial charge is 0.306 e. The number of fused-ring (bicyclic) bond motifs is 1. The van der Waals surface area contributed by atoms with E-state index >= 15 is 0 Å². The lowest BCUT2D eigenvalue weighted by Gasteiger charge is -2.12. The molecule has 0 atom stereocenters. The zero-order valence-corrected chi connectivity index (χ0v) is 17.0. The molecule has 152 valence electrons. The summed E-state index contributed by atoms with van der Waals surface area (Å²) < 4.78 is 28.2. The van der Waals surface area contributed by atoms with E-state index in [0.717, 1.165) is 39.7 Å². The number of pyridine rings is 1. The summed E-state index contributed by atoms with van der Waals surface area (Å²) in [5, 5.41) is 8.24. The van der Waals surface area contributed by atoms with E-state index in [4.69, 9.17) is 4.98 Å². The average molecular weight is 406 g/mol. The van der Waals surface area contributed by atoms with Gasteiger partial charge in [-0.1, -0.05) is 11.6 Å². The molecule has 0 aliphatic heterocycles. The van der Waals surface area contributed by atoms with Gasteiger partial charge in [-0.3, -0.25) is 4.79 Å². The molecule has 4 rings (SSSR count). The first-order chi connectivity index (χ1) is 14.2. The number of benzene rings is 2. The van der Waals surface area contributed by atoms with Crippen molar-refractivity contribution in [2.45, 2.75) is 27.7 Å². The van der Waals surface area contributed by atoms with Crippen LogP contribution in [0.3, 0.4) is 0 Å². The number of aryl methyl sites for hydroxylation is 4. The van der Waals surface area contributed by atoms with Crippen LogP contribution in [0.1, 0.15) is 32.7 Å². The standard InChI is InChI=1S/C23H20F2N4O/c1-12-7-14(3)22-17(8-12)13(2)9-20(26-22)29-21(10-15(4)28-29)27-23(30)16-5-6-18(24)19(25)11-16/h5-11H,1-4H3,(H,27,30). The number of hydrogen-bond donors (Lipinski definition) is 1. The van der Waals surface area contributed by atoms with Crippen LogP contribution in [0.2, 0.25) is 0 Å². The lowest BCUT2D eigenvalue weighted by atomic mass is 10.0. The average Bonchev–Trinajstić information content (AvgIpc) is 3.04. The molecule has 0 bridgehead atoms. The molecule has 1 amide bonds. The minimum atomic E-state index is -1.08. The quantitative estimate of drug-likeness (QED) is 0.510. The third-order valence-corrected chi connectivity index (χ3v) is 4.91. The van der Waals surface area contributed by atoms with Gasteiger partial charge in [0.15, 0.2) is 17.5 Å². The minimum Gasteiger partial charge on any atom is -0.306 e. The van der Waals surface area contributed by atoms with Gasteiger partial charge in [0, 0.05) is 17.0 Å². The smallest absolute Gasteiger partial charge is 0.256 e. The van der Waals surface area contributed by atoms with E-state index in [1.165, 1.54) is 6.07 Å². The maximum Gasteiger partial charge on any atom is 0.256 e. The molecule has 2 aromatic carbocycles. The molecule has 0 aliphatic rings. The van der Waals surface area contributed by atoms with E-state index in [0.29, 0.717) is 17.3 Å². The zero-order chi connectivity index (χ0) is 21.6. The first kappa shape index (κ1) is 19.7. The summed E-state index contributed by atoms with van der Waals surface area (Å²) >= 11 is 0. The van der Waals surface area contributed by atoms with E-state index in [-0.39, 0.29) is 5.56 Å². The fourth-order valence-electron chi connectivity index (χ4n) is 3.52. The van der Waals surface area contributed by atoms with E-state index in [2.05, 4.69) is 22.5 Å². The number of aromatic nitrogens is 3. The monoisotopic (exact) mass is 406 g/mol. The summed E-state index contributed by atoms with van der Waals surface area (Å²) in [6.45, 7) is 7.85. The second-order valence-electron chi connectivity index (χ2n) is 7.44. The molecule has 2 heterocycles. The summed E-state index contributed by atoms with van der Waals surface area (Å²) in [6.07, 6.45) is 0. The Morgan fingerprint density at radius 3 is 2.43 bits per heavy atom. The fraction of sp³-hybridized carbons (Fsp3) is 0.174. The predicted octanol–water partition coefficient (Wildman–Crippen LogP) is 5.18. The maximum atomic E-state index is 13.5. The summed E-state index contributed by atoms with van der Waals surface area (Å²) in [4.78, 5) is 17.3. The highest BCUT2D eigenvalue weighted by Crippen LogP contribution is 2.26. The Morgan fingerprint density at radius 1 is 0.933 bits per heavy atom. The Labute approximate surface area is 172 Å². The third-order valence-electron chi connectivity index (χ3n) is 4.91. The predicted molar refractivity (Wildman–Crippen MR) is 112 cm³/mol. The van der Waals surface area contributed by atoms with Crippen LogP contribution in [-0.4, -0.2) is 20.7 Å². The number of rotatable bonds is 3. The lowest BCUT2D eigenvalue weighted by molar-refractivity contribution is 0.102. The lowest BCUT2D eigenvalue weighted by Crippen LogP contribution is -2.16. The Balaban J connectivity index is 1.76. The number of hydrogen-bond acceptors (Lipinski definition) is 3. The normalized spacial score (nSPS) is 11.1. The van der Waals surface area contributed by atoms with Gasteiger partial charge < -0.3 is 5.32 Å². The van der Waals surface area contributed by atoms with Crippen molar-refractivity contribution in [2.24, 2.45) is 0 Å². The summed E-state index contributed by atoms with van der Waals surface area (Å²) in [6, 6.07) is 10.8. The Morgan fingerprint density at radius 2 is 1.70 bits per heavy atom. The van der Waals surface area contributed by atoms with Gasteiger partial charge in [-0.2, -0.15) is 9.78 Å². The summed E-state index contributed by atoms with van der Waals surface area (Å²) in [5.41, 5.74) is 4.79. The molecule has 0 saturated carbocycles. The molecule has 2 aromatic heterocycles. The third kappa shape index (κ3) is 3.54. The van der Waals surface area contributed by atoms with Crippen molar-refractivity contribution in [1.82, 2.24) is 14.8 Å². The number of anilines is 1. The second-order valence-corrected chi connectivity index (χ2v) is 7.44. The number of amides is 1. The number of halogens is 2. The van der Waals surface area contributed by atoms with Gasteiger partial charge in [0.1, 0.15) is 5.82 Å². The zero-order valence-electron chi connectivity index (χ0n) is 17.0. The molecule has 0 saturated heterocycles. The van der Waals surface area contributed by atoms with Crippen molar-refractivity contribution in [1.29, 1.82) is 0 Å². The van der Waals surface area contributed by atoms with E-state index in [1.54, 1.807) is 17.7 Å². The molecule has 0 radical (unpaired) electrons. The van der Waals surface area contributed by atoms with Gasteiger partial charge in [0.2, 0.25) is 0 Å². The molecule has 5 nitrogen and oxygen atoms in total. The van der Waals surface area contributed by atoms with Crippen LogP contribution in [0.4, 0.5) is 14.6 Å². The van der Waals surface area contributed by atoms with E-state index < -0.39 is 17.5 Å². The number of nitrogens with one attached hydrogen (secondary N) is 1. The Hall–Kier alpha value is -3.61. The molecule has 7 heteroatoms. The molecule has 0 unspecified atom stereocenters. The topological polar surface area (TPSA) is 59.8 Å². The SMILES string of the molecule is Cc1cc(C)c2nc(-n3nc(C)cc3NC(=O)c3ccc(F)c(F)c3)cc(C)c2c1. The maximum absolute atomic E-state index is 13.5. The van der Waals surface area contributed by atoms with Crippen molar-refractivity contribution >= 4 is 22.6 Å². The van der Waals surface area contributed by atoms with Gasteiger partial charge in [0.05, 0.1) is 11.2 Å². The van der Waals surface area contributed by atoms with Crippen molar-refractivity contribution < 1.29 is 13.6 Å². The molecule has 0 aliphatic carbocycles. The molecular weight excluding hydrogens is 386 g/mol. The number of nitrogens with zero attached hydrogens (tertiary/aromatic N) is 3. The number of carbonyl (C=O) groups excluding carboxylic acids is 1. The van der Waals surface area contributed by atoms with Gasteiger partial charge in [-0.05, 0) is 69.2 Å². The Bertz CT molecular complexity index is 1310. The second kappa shape index (κ2) is 7.33. The van der Waals surface area contributed by atoms with Crippen LogP contribution in [0.15, 0.2) is 42.5 Å². The molecule has 0 fully saturated rings. The summed E-state index contributed by atoms with van der Waals surface area (Å²) in [5.74, 6) is -1.71. The van der Waals surface area contributed by atoms with Crippen molar-refractivity contribution in [3.63, 3.8) is 0 Å². The van der Waals surface area contributed by atoms with Gasteiger partial charge in [-0.25, -0.2) is 13.8 Å². The highest BCUT2D eigenvalue weighted by molar-refractivity contribution is 6.04. The van der Waals surface area contributed by atoms with Gasteiger partial charge in [0.25, 0.3) is 5.91 Å². The van der Waals surface area contributed by atoms with Crippen molar-refractivity contribution in [3.8, 4) is 5.82 Å². The van der Waals surface area contributed by atoms with Crippen LogP contribution in [-0.2, 0) is 0 Å². The van der Waals surface area contributed by atoms with Gasteiger partial charge in [-0.15, -0.1) is 0 Å². The first-order valence-corrected chi connectivity index (χ1v) is 9.45. The van der Waals surface area contributed by atoms with E-state index in [9.17, 15) is 13.6 Å². The van der Waals surface area contributed by atoms with Crippen LogP contribution in [0.25, 0.3) is 16.7 Å². The first-order valence-electron chi connectivity index (χ1n) is 9.45. The Kier molecular flexibility index (Phi) is 4.81. The van der Waals surface area contributed by atoms with Crippen LogP contribution in [0, 0.1) is 39.3 Å². The van der Waals surface area contributed by atoms with E-state index in [1.807, 2.05) is 26.8 Å². The van der Waals surface area contributed by atoms with Crippen molar-refractivity contribution in [2.75, 3.05) is 5.32 Å². The molecule has 4 aromatic rings. The highest BCUT2D eigenvalue weighted by atomic mass is 19.2. The van der Waals surface area contributed by atoms with Crippen molar-refractivity contribution in [3.05, 3.63) is 82.0 Å². The fourth-order valence-corrected chi connectivity index (χ4v) is 3.52. The summed E-state index contributed by atoms with van der Waals surface area (Å²) in [7, 11) is 0. The highest BCUT2D eigenvalue weighted by Gasteiger charge is 2.16. The minimum absolute atomic E-state index is 0.00766. The molecule has 30 heavy (non-hydrogen) atoms.